The van der Waals surface area contributed by atoms with Crippen molar-refractivity contribution in [2.45, 2.75) is 13.3 Å². The van der Waals surface area contributed by atoms with Crippen molar-refractivity contribution >= 4 is 21.8 Å². The maximum absolute atomic E-state index is 13.8. The molecule has 0 spiro atoms. The molecule has 0 aromatic heterocycles. The van der Waals surface area contributed by atoms with Crippen molar-refractivity contribution in [2.75, 3.05) is 17.2 Å². The molecule has 1 aromatic carbocycles. The van der Waals surface area contributed by atoms with Gasteiger partial charge in [0.2, 0.25) is 5.91 Å². The number of hydrogen-bond donors (Lipinski definition) is 0. The van der Waals surface area contributed by atoms with Crippen LogP contribution in [0.1, 0.15) is 12.0 Å². The number of rotatable bonds is 3. The van der Waals surface area contributed by atoms with Gasteiger partial charge in [-0.25, -0.2) is 8.78 Å². The molecule has 4 nitrogen and oxygen atoms in total. The second kappa shape index (κ2) is 5.08. The molecular formula is C12H12F3NO3S. The minimum absolute atomic E-state index is 0.0979. The fourth-order valence-corrected chi connectivity index (χ4v) is 3.04. The van der Waals surface area contributed by atoms with Gasteiger partial charge in [0, 0.05) is 24.9 Å². The fourth-order valence-electron chi connectivity index (χ4n) is 2.25. The Kier molecular flexibility index (Phi) is 3.77. The molecular weight excluding hydrogens is 295 g/mol. The average molecular weight is 307 g/mol. The maximum atomic E-state index is 13.8. The lowest BCUT2D eigenvalue weighted by Gasteiger charge is -2.18. The highest BCUT2D eigenvalue weighted by atomic mass is 32.3. The molecule has 1 heterocycles. The van der Waals surface area contributed by atoms with Crippen LogP contribution in [-0.4, -0.2) is 26.6 Å². The van der Waals surface area contributed by atoms with Gasteiger partial charge in [-0.1, -0.05) is 0 Å². The van der Waals surface area contributed by atoms with E-state index in [9.17, 15) is 25.9 Å². The third kappa shape index (κ3) is 3.12. The highest BCUT2D eigenvalue weighted by molar-refractivity contribution is 7.86. The van der Waals surface area contributed by atoms with Crippen LogP contribution in [0.25, 0.3) is 0 Å². The van der Waals surface area contributed by atoms with Crippen LogP contribution < -0.4 is 4.90 Å². The zero-order valence-electron chi connectivity index (χ0n) is 10.6. The molecule has 0 radical (unpaired) electrons. The third-order valence-electron chi connectivity index (χ3n) is 3.16. The first-order chi connectivity index (χ1) is 9.17. The van der Waals surface area contributed by atoms with Gasteiger partial charge < -0.3 is 4.90 Å². The summed E-state index contributed by atoms with van der Waals surface area (Å²) >= 11 is 0. The van der Waals surface area contributed by atoms with Gasteiger partial charge >= 0.3 is 10.2 Å². The Morgan fingerprint density at radius 3 is 2.55 bits per heavy atom. The van der Waals surface area contributed by atoms with E-state index in [4.69, 9.17) is 0 Å². The quantitative estimate of drug-likeness (QED) is 0.802. The molecule has 0 saturated carbocycles. The summed E-state index contributed by atoms with van der Waals surface area (Å²) in [7, 11) is -4.71. The molecule has 1 atom stereocenters. The van der Waals surface area contributed by atoms with E-state index in [-0.39, 0.29) is 24.2 Å². The monoisotopic (exact) mass is 307 g/mol. The zero-order chi connectivity index (χ0) is 15.1. The first-order valence-corrected chi connectivity index (χ1v) is 7.41. The van der Waals surface area contributed by atoms with Gasteiger partial charge in [-0.3, -0.25) is 4.79 Å². The van der Waals surface area contributed by atoms with Crippen LogP contribution in [-0.2, 0) is 15.0 Å². The molecule has 1 fully saturated rings. The second-order valence-corrected chi connectivity index (χ2v) is 6.24. The lowest BCUT2D eigenvalue weighted by Crippen LogP contribution is -2.26. The standard InChI is InChI=1S/C12H12F3NO3S/c1-7-2-10(14)11(4-9(7)13)16-5-8(3-12(16)17)6-20(15,18)19/h2,4,8H,3,5-6H2,1H3. The Labute approximate surface area is 114 Å². The summed E-state index contributed by atoms with van der Waals surface area (Å²) in [5.74, 6) is -3.57. The SMILES string of the molecule is Cc1cc(F)c(N2CC(CS(=O)(=O)F)CC2=O)cc1F. The lowest BCUT2D eigenvalue weighted by molar-refractivity contribution is -0.117. The average Bonchev–Trinajstić information content (AvgIpc) is 2.62. The molecule has 1 amide bonds. The summed E-state index contributed by atoms with van der Waals surface area (Å²) in [5.41, 5.74) is -0.155. The number of carbonyl (C=O) groups is 1. The van der Waals surface area contributed by atoms with Crippen LogP contribution in [0.4, 0.5) is 18.4 Å². The molecule has 1 unspecified atom stereocenters. The summed E-state index contributed by atoms with van der Waals surface area (Å²) < 4.78 is 61.0. The number of halogens is 3. The Hall–Kier alpha value is -1.57. The van der Waals surface area contributed by atoms with Crippen molar-refractivity contribution in [3.05, 3.63) is 29.3 Å². The molecule has 1 aromatic rings. The Bertz CT molecular complexity index is 660. The Morgan fingerprint density at radius 2 is 1.95 bits per heavy atom. The molecule has 1 aliphatic rings. The molecule has 1 aliphatic heterocycles. The van der Waals surface area contributed by atoms with E-state index in [1.807, 2.05) is 0 Å². The number of nitrogens with zero attached hydrogens (tertiary/aromatic N) is 1. The predicted molar refractivity (Wildman–Crippen MR) is 66.4 cm³/mol. The largest absolute Gasteiger partial charge is 0.309 e. The molecule has 20 heavy (non-hydrogen) atoms. The van der Waals surface area contributed by atoms with Gasteiger partial charge in [0.1, 0.15) is 11.6 Å². The number of carbonyl (C=O) groups excluding carboxylic acids is 1. The van der Waals surface area contributed by atoms with Gasteiger partial charge in [-0.2, -0.15) is 8.42 Å². The van der Waals surface area contributed by atoms with Crippen LogP contribution in [0.3, 0.4) is 0 Å². The van der Waals surface area contributed by atoms with Crippen molar-refractivity contribution < 1.29 is 25.9 Å². The molecule has 0 bridgehead atoms. The van der Waals surface area contributed by atoms with Crippen LogP contribution in [0.15, 0.2) is 12.1 Å². The topological polar surface area (TPSA) is 54.5 Å². The van der Waals surface area contributed by atoms with Crippen molar-refractivity contribution in [3.8, 4) is 0 Å². The molecule has 8 heteroatoms. The Balaban J connectivity index is 2.26. The molecule has 2 rings (SSSR count). The minimum Gasteiger partial charge on any atom is -0.309 e. The van der Waals surface area contributed by atoms with Crippen LogP contribution in [0.2, 0.25) is 0 Å². The van der Waals surface area contributed by atoms with Crippen LogP contribution in [0.5, 0.6) is 0 Å². The Morgan fingerprint density at radius 1 is 1.30 bits per heavy atom. The highest BCUT2D eigenvalue weighted by Crippen LogP contribution is 2.29. The number of benzene rings is 1. The van der Waals surface area contributed by atoms with Crippen LogP contribution >= 0.6 is 0 Å². The van der Waals surface area contributed by atoms with Crippen molar-refractivity contribution in [1.29, 1.82) is 0 Å². The smallest absolute Gasteiger partial charge is 0.302 e. The molecule has 1 saturated heterocycles. The van der Waals surface area contributed by atoms with Crippen molar-refractivity contribution in [2.24, 2.45) is 5.92 Å². The van der Waals surface area contributed by atoms with Gasteiger partial charge in [-0.05, 0) is 18.6 Å². The summed E-state index contributed by atoms with van der Waals surface area (Å²) in [6.45, 7) is 1.23. The predicted octanol–water partition coefficient (Wildman–Crippen LogP) is 1.93. The maximum Gasteiger partial charge on any atom is 0.302 e. The van der Waals surface area contributed by atoms with Crippen molar-refractivity contribution in [3.63, 3.8) is 0 Å². The number of hydrogen-bond acceptors (Lipinski definition) is 3. The van der Waals surface area contributed by atoms with E-state index in [1.165, 1.54) is 6.92 Å². The zero-order valence-corrected chi connectivity index (χ0v) is 11.4. The van der Waals surface area contributed by atoms with Gasteiger partial charge in [-0.15, -0.1) is 3.89 Å². The minimum atomic E-state index is -4.71. The van der Waals surface area contributed by atoms with E-state index in [1.54, 1.807) is 0 Å². The molecule has 0 N–H and O–H groups in total. The van der Waals surface area contributed by atoms with E-state index in [0.29, 0.717) is 0 Å². The second-order valence-electron chi connectivity index (χ2n) is 4.83. The third-order valence-corrected chi connectivity index (χ3v) is 4.03. The summed E-state index contributed by atoms with van der Waals surface area (Å²) in [5, 5.41) is 0. The lowest BCUT2D eigenvalue weighted by atomic mass is 10.1. The number of aryl methyl sites for hydroxylation is 1. The van der Waals surface area contributed by atoms with Gasteiger partial charge in [0.05, 0.1) is 11.4 Å². The fraction of sp³-hybridized carbons (Fsp3) is 0.417. The van der Waals surface area contributed by atoms with E-state index in [2.05, 4.69) is 0 Å². The first kappa shape index (κ1) is 14.8. The van der Waals surface area contributed by atoms with Gasteiger partial charge in [0.25, 0.3) is 0 Å². The van der Waals surface area contributed by atoms with Gasteiger partial charge in [0.15, 0.2) is 0 Å². The van der Waals surface area contributed by atoms with Crippen molar-refractivity contribution in [1.82, 2.24) is 0 Å². The van der Waals surface area contributed by atoms with E-state index >= 15 is 0 Å². The van der Waals surface area contributed by atoms with E-state index in [0.717, 1.165) is 17.0 Å². The number of anilines is 1. The molecule has 110 valence electrons. The van der Waals surface area contributed by atoms with E-state index < -0.39 is 39.4 Å². The van der Waals surface area contributed by atoms with Crippen LogP contribution in [0, 0.1) is 24.5 Å². The highest BCUT2D eigenvalue weighted by Gasteiger charge is 2.35. The normalized spacial score (nSPS) is 19.7. The summed E-state index contributed by atoms with van der Waals surface area (Å²) in [4.78, 5) is 12.7. The summed E-state index contributed by atoms with van der Waals surface area (Å²) in [6, 6.07) is 1.84. The molecule has 0 aliphatic carbocycles. The first-order valence-electron chi connectivity index (χ1n) is 5.85. The number of amides is 1. The summed E-state index contributed by atoms with van der Waals surface area (Å²) in [6.07, 6.45) is -0.210.